The van der Waals surface area contributed by atoms with Crippen LogP contribution in [0.2, 0.25) is 0 Å². The lowest BCUT2D eigenvalue weighted by atomic mass is 9.98. The number of rotatable bonds is 5. The van der Waals surface area contributed by atoms with E-state index in [0.717, 1.165) is 50.2 Å². The van der Waals surface area contributed by atoms with Crippen LogP contribution >= 0.6 is 0 Å². The molecule has 1 unspecified atom stereocenters. The first-order valence-electron chi connectivity index (χ1n) is 15.7. The highest BCUT2D eigenvalue weighted by molar-refractivity contribution is 6.18. The van der Waals surface area contributed by atoms with Gasteiger partial charge in [-0.05, 0) is 81.2 Å². The maximum absolute atomic E-state index is 6.64. The molecule has 0 saturated carbocycles. The van der Waals surface area contributed by atoms with Crippen LogP contribution in [0.4, 0.5) is 22.7 Å². The van der Waals surface area contributed by atoms with Crippen LogP contribution < -0.4 is 15.0 Å². The number of para-hydroxylation sites is 1. The highest BCUT2D eigenvalue weighted by atomic mass is 16.5. The molecule has 0 aromatic heterocycles. The fourth-order valence-corrected chi connectivity index (χ4v) is 6.80. The van der Waals surface area contributed by atoms with Gasteiger partial charge in [0.15, 0.2) is 12.0 Å². The van der Waals surface area contributed by atoms with Crippen molar-refractivity contribution >= 4 is 55.1 Å². The van der Waals surface area contributed by atoms with Gasteiger partial charge in [-0.1, -0.05) is 121 Å². The summed E-state index contributed by atoms with van der Waals surface area (Å²) in [7, 11) is 0. The number of hydrogen-bond donors (Lipinski definition) is 1. The molecule has 1 heterocycles. The lowest BCUT2D eigenvalue weighted by Crippen LogP contribution is -2.10. The third-order valence-corrected chi connectivity index (χ3v) is 9.06. The first-order chi connectivity index (χ1) is 22.8. The zero-order valence-corrected chi connectivity index (χ0v) is 25.1. The Labute approximate surface area is 267 Å². The number of hydrogen-bond acceptors (Lipinski definition) is 3. The maximum Gasteiger partial charge on any atom is 0.196 e. The van der Waals surface area contributed by atoms with Crippen LogP contribution in [0.3, 0.4) is 0 Å². The molecule has 0 saturated heterocycles. The molecule has 0 bridgehead atoms. The highest BCUT2D eigenvalue weighted by Crippen LogP contribution is 2.50. The smallest absolute Gasteiger partial charge is 0.196 e. The summed E-state index contributed by atoms with van der Waals surface area (Å²) < 4.78 is 6.64. The van der Waals surface area contributed by atoms with Crippen LogP contribution in [-0.4, -0.2) is 0 Å². The third-order valence-electron chi connectivity index (χ3n) is 9.06. The predicted molar refractivity (Wildman–Crippen MR) is 193 cm³/mol. The van der Waals surface area contributed by atoms with Crippen molar-refractivity contribution in [2.75, 3.05) is 10.2 Å². The number of benzene rings is 8. The second kappa shape index (κ2) is 10.8. The normalized spacial score (nSPS) is 13.8. The predicted octanol–water partition coefficient (Wildman–Crippen LogP) is 11.8. The van der Waals surface area contributed by atoms with Crippen molar-refractivity contribution in [3.05, 3.63) is 175 Å². The first kappa shape index (κ1) is 26.4. The van der Waals surface area contributed by atoms with Crippen molar-refractivity contribution in [3.8, 4) is 16.9 Å². The van der Waals surface area contributed by atoms with Crippen molar-refractivity contribution in [2.24, 2.45) is 0 Å². The van der Waals surface area contributed by atoms with Crippen LogP contribution in [0.1, 0.15) is 11.8 Å². The van der Waals surface area contributed by atoms with Crippen LogP contribution in [0.15, 0.2) is 170 Å². The monoisotopic (exact) mass is 590 g/mol. The first-order valence-corrected chi connectivity index (χ1v) is 15.7. The van der Waals surface area contributed by atoms with Gasteiger partial charge in [0.2, 0.25) is 0 Å². The Morgan fingerprint density at radius 2 is 1.07 bits per heavy atom. The fourth-order valence-electron chi connectivity index (χ4n) is 6.80. The summed E-state index contributed by atoms with van der Waals surface area (Å²) in [6.07, 6.45) is -0.230. The molecule has 46 heavy (non-hydrogen) atoms. The summed E-state index contributed by atoms with van der Waals surface area (Å²) in [5.74, 6) is 0.903. The van der Waals surface area contributed by atoms with Crippen molar-refractivity contribution in [1.29, 1.82) is 0 Å². The van der Waals surface area contributed by atoms with Crippen LogP contribution in [0, 0.1) is 0 Å². The van der Waals surface area contributed by atoms with E-state index in [0.29, 0.717) is 0 Å². The Bertz CT molecular complexity index is 2370. The number of nitrogens with zero attached hydrogens (tertiary/aromatic N) is 1. The Balaban J connectivity index is 1.16. The molecule has 8 aromatic carbocycles. The van der Waals surface area contributed by atoms with E-state index in [1.165, 1.54) is 27.3 Å². The summed E-state index contributed by atoms with van der Waals surface area (Å²) >= 11 is 0. The second-order valence-corrected chi connectivity index (χ2v) is 11.8. The maximum atomic E-state index is 6.64. The topological polar surface area (TPSA) is 24.5 Å². The Morgan fingerprint density at radius 3 is 1.87 bits per heavy atom. The average molecular weight is 591 g/mol. The minimum Gasteiger partial charge on any atom is -0.464 e. The molecule has 3 heteroatoms. The highest BCUT2D eigenvalue weighted by Gasteiger charge is 2.28. The largest absolute Gasteiger partial charge is 0.464 e. The van der Waals surface area contributed by atoms with Crippen LogP contribution in [-0.2, 0) is 0 Å². The average Bonchev–Trinajstić information content (AvgIpc) is 3.59. The molecule has 3 nitrogen and oxygen atoms in total. The molecule has 0 spiro atoms. The zero-order valence-electron chi connectivity index (χ0n) is 25.1. The molecule has 1 atom stereocenters. The minimum absolute atomic E-state index is 0.230. The molecule has 0 amide bonds. The molecule has 0 fully saturated rings. The quantitative estimate of drug-likeness (QED) is 0.202. The molecule has 0 aliphatic carbocycles. The second-order valence-electron chi connectivity index (χ2n) is 11.8. The van der Waals surface area contributed by atoms with E-state index < -0.39 is 0 Å². The Morgan fingerprint density at radius 1 is 0.435 bits per heavy atom. The molecule has 8 aromatic rings. The standard InChI is InChI=1S/C43H30N2O/c1-3-12-31(13-4-1)43-44-41-38-18-10-9-17-37(38)40-28-36(25-26-39(40)42(41)46-43)45(34-15-5-2-6-16-34)35-23-21-30(22-24-35)33-20-19-29-11-7-8-14-32(29)27-33/h1-28,43-44H. The summed E-state index contributed by atoms with van der Waals surface area (Å²) in [6.45, 7) is 0. The lowest BCUT2D eigenvalue weighted by Gasteiger charge is -2.26. The van der Waals surface area contributed by atoms with Gasteiger partial charge < -0.3 is 15.0 Å². The minimum atomic E-state index is -0.230. The van der Waals surface area contributed by atoms with E-state index in [1.807, 2.05) is 6.07 Å². The summed E-state index contributed by atoms with van der Waals surface area (Å²) in [4.78, 5) is 2.33. The van der Waals surface area contributed by atoms with Gasteiger partial charge >= 0.3 is 0 Å². The number of ether oxygens (including phenoxy) is 1. The molecular formula is C43H30N2O. The third kappa shape index (κ3) is 4.44. The van der Waals surface area contributed by atoms with E-state index in [-0.39, 0.29) is 6.23 Å². The summed E-state index contributed by atoms with van der Waals surface area (Å²) in [5.41, 5.74) is 7.86. The van der Waals surface area contributed by atoms with Crippen molar-refractivity contribution < 1.29 is 4.74 Å². The van der Waals surface area contributed by atoms with Crippen LogP contribution in [0.5, 0.6) is 5.75 Å². The van der Waals surface area contributed by atoms with Gasteiger partial charge in [-0.25, -0.2) is 0 Å². The van der Waals surface area contributed by atoms with E-state index in [9.17, 15) is 0 Å². The Hall–Kier alpha value is -6.06. The fraction of sp³-hybridized carbons (Fsp3) is 0.0233. The number of fused-ring (bicyclic) bond motifs is 7. The zero-order chi connectivity index (χ0) is 30.5. The van der Waals surface area contributed by atoms with Crippen molar-refractivity contribution in [2.45, 2.75) is 6.23 Å². The lowest BCUT2D eigenvalue weighted by molar-refractivity contribution is 0.262. The molecule has 218 valence electrons. The van der Waals surface area contributed by atoms with Gasteiger partial charge in [0.05, 0.1) is 5.69 Å². The van der Waals surface area contributed by atoms with E-state index in [4.69, 9.17) is 4.74 Å². The molecule has 1 aliphatic heterocycles. The van der Waals surface area contributed by atoms with Gasteiger partial charge in [0.1, 0.15) is 0 Å². The molecule has 1 N–H and O–H groups in total. The van der Waals surface area contributed by atoms with Gasteiger partial charge in [0.25, 0.3) is 0 Å². The van der Waals surface area contributed by atoms with Crippen molar-refractivity contribution in [1.82, 2.24) is 0 Å². The van der Waals surface area contributed by atoms with Crippen molar-refractivity contribution in [3.63, 3.8) is 0 Å². The number of nitrogens with one attached hydrogen (secondary N) is 1. The van der Waals surface area contributed by atoms with Crippen LogP contribution in [0.25, 0.3) is 43.4 Å². The van der Waals surface area contributed by atoms with E-state index in [2.05, 4.69) is 174 Å². The number of anilines is 4. The molecule has 9 rings (SSSR count). The SMILES string of the molecule is c1ccc(C2Nc3c(c4ccc(N(c5ccccc5)c5ccc(-c6ccc7ccccc7c6)cc5)cc4c4ccccc34)O2)cc1. The van der Waals surface area contributed by atoms with Gasteiger partial charge in [-0.3, -0.25) is 0 Å². The van der Waals surface area contributed by atoms with Gasteiger partial charge in [-0.2, -0.15) is 0 Å². The van der Waals surface area contributed by atoms with E-state index >= 15 is 0 Å². The summed E-state index contributed by atoms with van der Waals surface area (Å²) in [5, 5.41) is 10.8. The Kier molecular flexibility index (Phi) is 6.20. The van der Waals surface area contributed by atoms with Gasteiger partial charge in [0, 0.05) is 33.4 Å². The van der Waals surface area contributed by atoms with E-state index in [1.54, 1.807) is 0 Å². The van der Waals surface area contributed by atoms with Gasteiger partial charge in [-0.15, -0.1) is 0 Å². The molecule has 0 radical (unpaired) electrons. The summed E-state index contributed by atoms with van der Waals surface area (Å²) in [6, 6.07) is 60.4. The molecular weight excluding hydrogens is 560 g/mol. The molecule has 1 aliphatic rings.